The van der Waals surface area contributed by atoms with Crippen LogP contribution >= 0.6 is 0 Å². The summed E-state index contributed by atoms with van der Waals surface area (Å²) >= 11 is 0. The molecule has 1 saturated heterocycles. The predicted octanol–water partition coefficient (Wildman–Crippen LogP) is 3.02. The summed E-state index contributed by atoms with van der Waals surface area (Å²) in [7, 11) is 3.55. The van der Waals surface area contributed by atoms with Crippen LogP contribution in [0, 0.1) is 5.41 Å². The fourth-order valence-electron chi connectivity index (χ4n) is 3.20. The minimum atomic E-state index is 0.0354. The highest BCUT2D eigenvalue weighted by molar-refractivity contribution is 5.94. The van der Waals surface area contributed by atoms with Crippen LogP contribution in [0.15, 0.2) is 29.3 Å². The van der Waals surface area contributed by atoms with E-state index < -0.39 is 0 Å². The molecule has 2 rings (SSSR count). The standard InChI is InChI=1S/C21H34N4O/c1-8-22-19(25-15-20(2,3)21(25,4)5)23-13-12-16-10-9-11-17(14-16)18(26)24(6)7/h9-11,14H,8,12-13,15H2,1-7H3,(H,22,23). The van der Waals surface area contributed by atoms with Gasteiger partial charge in [-0.25, -0.2) is 0 Å². The van der Waals surface area contributed by atoms with Gasteiger partial charge in [-0.05, 0) is 44.9 Å². The molecule has 5 heteroatoms. The molecule has 26 heavy (non-hydrogen) atoms. The maximum atomic E-state index is 12.1. The Morgan fingerprint density at radius 3 is 2.50 bits per heavy atom. The zero-order valence-electron chi connectivity index (χ0n) is 17.4. The molecule has 1 aliphatic heterocycles. The average Bonchev–Trinajstić information content (AvgIpc) is 2.58. The third kappa shape index (κ3) is 4.02. The van der Waals surface area contributed by atoms with Gasteiger partial charge in [0, 0.05) is 50.2 Å². The van der Waals surface area contributed by atoms with Gasteiger partial charge in [0.25, 0.3) is 5.91 Å². The molecule has 1 N–H and O–H groups in total. The molecule has 1 amide bonds. The first-order valence-electron chi connectivity index (χ1n) is 9.46. The monoisotopic (exact) mass is 358 g/mol. The van der Waals surface area contributed by atoms with Crippen molar-refractivity contribution in [2.45, 2.75) is 46.6 Å². The number of hydrogen-bond acceptors (Lipinski definition) is 2. The number of nitrogens with one attached hydrogen (secondary N) is 1. The lowest BCUT2D eigenvalue weighted by atomic mass is 9.65. The van der Waals surface area contributed by atoms with E-state index in [2.05, 4.69) is 50.9 Å². The number of hydrogen-bond donors (Lipinski definition) is 1. The van der Waals surface area contributed by atoms with Crippen LogP contribution in [0.2, 0.25) is 0 Å². The number of carbonyl (C=O) groups excluding carboxylic acids is 1. The quantitative estimate of drug-likeness (QED) is 0.650. The van der Waals surface area contributed by atoms with Gasteiger partial charge in [0.1, 0.15) is 0 Å². The Bertz CT molecular complexity index is 676. The Hall–Kier alpha value is -2.04. The average molecular weight is 359 g/mol. The van der Waals surface area contributed by atoms with Crippen LogP contribution in [-0.4, -0.2) is 60.9 Å². The second-order valence-electron chi connectivity index (χ2n) is 8.41. The molecule has 0 aliphatic carbocycles. The Balaban J connectivity index is 2.06. The summed E-state index contributed by atoms with van der Waals surface area (Å²) in [5.74, 6) is 1.02. The SMILES string of the molecule is CCNC(=NCCc1cccc(C(=O)N(C)C)c1)N1CC(C)(C)C1(C)C. The number of benzene rings is 1. The summed E-state index contributed by atoms with van der Waals surface area (Å²) in [5, 5.41) is 3.42. The zero-order chi connectivity index (χ0) is 19.5. The molecule has 5 nitrogen and oxygen atoms in total. The van der Waals surface area contributed by atoms with Crippen molar-refractivity contribution in [3.8, 4) is 0 Å². The van der Waals surface area contributed by atoms with Crippen LogP contribution in [0.3, 0.4) is 0 Å². The maximum Gasteiger partial charge on any atom is 0.253 e. The Morgan fingerprint density at radius 2 is 1.96 bits per heavy atom. The van der Waals surface area contributed by atoms with E-state index >= 15 is 0 Å². The van der Waals surface area contributed by atoms with Crippen molar-refractivity contribution >= 4 is 11.9 Å². The van der Waals surface area contributed by atoms with E-state index in [0.717, 1.165) is 36.6 Å². The van der Waals surface area contributed by atoms with Crippen molar-refractivity contribution in [2.75, 3.05) is 33.7 Å². The van der Waals surface area contributed by atoms with Gasteiger partial charge < -0.3 is 15.1 Å². The molecule has 0 bridgehead atoms. The van der Waals surface area contributed by atoms with Crippen LogP contribution in [0.25, 0.3) is 0 Å². The van der Waals surface area contributed by atoms with E-state index in [0.29, 0.717) is 6.54 Å². The first-order chi connectivity index (χ1) is 12.1. The Morgan fingerprint density at radius 1 is 1.27 bits per heavy atom. The lowest BCUT2D eigenvalue weighted by molar-refractivity contribution is -0.0667. The maximum absolute atomic E-state index is 12.1. The van der Waals surface area contributed by atoms with E-state index in [9.17, 15) is 4.79 Å². The van der Waals surface area contributed by atoms with E-state index in [4.69, 9.17) is 4.99 Å². The van der Waals surface area contributed by atoms with Crippen molar-refractivity contribution in [3.63, 3.8) is 0 Å². The lowest BCUT2D eigenvalue weighted by Gasteiger charge is -2.62. The number of nitrogens with zero attached hydrogens (tertiary/aromatic N) is 3. The second kappa shape index (κ2) is 7.68. The predicted molar refractivity (Wildman–Crippen MR) is 109 cm³/mol. The molecule has 0 unspecified atom stereocenters. The van der Waals surface area contributed by atoms with Gasteiger partial charge in [-0.3, -0.25) is 9.79 Å². The van der Waals surface area contributed by atoms with Crippen molar-refractivity contribution in [3.05, 3.63) is 35.4 Å². The van der Waals surface area contributed by atoms with Crippen LogP contribution in [-0.2, 0) is 6.42 Å². The molecule has 144 valence electrons. The van der Waals surface area contributed by atoms with Crippen molar-refractivity contribution in [1.29, 1.82) is 0 Å². The van der Waals surface area contributed by atoms with Gasteiger partial charge >= 0.3 is 0 Å². The first kappa shape index (κ1) is 20.3. The fraction of sp³-hybridized carbons (Fsp3) is 0.619. The highest BCUT2D eigenvalue weighted by atomic mass is 16.2. The van der Waals surface area contributed by atoms with Gasteiger partial charge in [0.2, 0.25) is 0 Å². The second-order valence-corrected chi connectivity index (χ2v) is 8.41. The van der Waals surface area contributed by atoms with Crippen molar-refractivity contribution in [2.24, 2.45) is 10.4 Å². The fourth-order valence-corrected chi connectivity index (χ4v) is 3.20. The smallest absolute Gasteiger partial charge is 0.253 e. The number of likely N-dealkylation sites (tertiary alicyclic amines) is 1. The summed E-state index contributed by atoms with van der Waals surface area (Å²) in [5.41, 5.74) is 2.24. The third-order valence-corrected chi connectivity index (χ3v) is 5.72. The van der Waals surface area contributed by atoms with Crippen LogP contribution in [0.1, 0.15) is 50.5 Å². The minimum Gasteiger partial charge on any atom is -0.356 e. The zero-order valence-corrected chi connectivity index (χ0v) is 17.4. The Labute approximate surface area is 158 Å². The molecule has 1 fully saturated rings. The molecule has 1 heterocycles. The van der Waals surface area contributed by atoms with Gasteiger partial charge in [-0.15, -0.1) is 0 Å². The number of carbonyl (C=O) groups is 1. The van der Waals surface area contributed by atoms with Crippen molar-refractivity contribution < 1.29 is 4.79 Å². The van der Waals surface area contributed by atoms with Gasteiger partial charge in [-0.2, -0.15) is 0 Å². The molecule has 1 aromatic carbocycles. The molecular weight excluding hydrogens is 324 g/mol. The number of aliphatic imine (C=N–C) groups is 1. The highest BCUT2D eigenvalue weighted by Crippen LogP contribution is 2.46. The molecular formula is C21H34N4O. The molecule has 1 aromatic rings. The van der Waals surface area contributed by atoms with Crippen LogP contribution < -0.4 is 5.32 Å². The largest absolute Gasteiger partial charge is 0.356 e. The van der Waals surface area contributed by atoms with Crippen LogP contribution in [0.4, 0.5) is 0 Å². The Kier molecular flexibility index (Phi) is 5.99. The molecule has 0 aromatic heterocycles. The van der Waals surface area contributed by atoms with E-state index in [1.54, 1.807) is 19.0 Å². The van der Waals surface area contributed by atoms with Gasteiger partial charge in [0.05, 0.1) is 0 Å². The van der Waals surface area contributed by atoms with Crippen molar-refractivity contribution in [1.82, 2.24) is 15.1 Å². The van der Waals surface area contributed by atoms with E-state index in [-0.39, 0.29) is 16.9 Å². The molecule has 0 spiro atoms. The number of rotatable bonds is 5. The number of guanidine groups is 1. The van der Waals surface area contributed by atoms with E-state index in [1.807, 2.05) is 18.2 Å². The summed E-state index contributed by atoms with van der Waals surface area (Å²) in [6.07, 6.45) is 0.821. The summed E-state index contributed by atoms with van der Waals surface area (Å²) in [6.45, 7) is 13.8. The molecule has 0 saturated carbocycles. The normalized spacial score (nSPS) is 18.3. The highest BCUT2D eigenvalue weighted by Gasteiger charge is 2.53. The van der Waals surface area contributed by atoms with Gasteiger partial charge in [-0.1, -0.05) is 26.0 Å². The summed E-state index contributed by atoms with van der Waals surface area (Å²) in [4.78, 5) is 20.9. The third-order valence-electron chi connectivity index (χ3n) is 5.72. The minimum absolute atomic E-state index is 0.0354. The molecule has 0 radical (unpaired) electrons. The van der Waals surface area contributed by atoms with Gasteiger partial charge in [0.15, 0.2) is 5.96 Å². The molecule has 1 aliphatic rings. The topological polar surface area (TPSA) is 47.9 Å². The first-order valence-corrected chi connectivity index (χ1v) is 9.46. The van der Waals surface area contributed by atoms with Crippen LogP contribution in [0.5, 0.6) is 0 Å². The van der Waals surface area contributed by atoms with E-state index in [1.165, 1.54) is 0 Å². The number of amides is 1. The lowest BCUT2D eigenvalue weighted by Crippen LogP contribution is -2.72. The molecule has 0 atom stereocenters. The summed E-state index contributed by atoms with van der Waals surface area (Å²) in [6, 6.07) is 7.85. The summed E-state index contributed by atoms with van der Waals surface area (Å²) < 4.78 is 0.